The Bertz CT molecular complexity index is 1110. The Morgan fingerprint density at radius 2 is 1.88 bits per heavy atom. The molecule has 0 aliphatic heterocycles. The lowest BCUT2D eigenvalue weighted by Crippen LogP contribution is -2.38. The Hall–Kier alpha value is -3.28. The molecule has 0 amide bonds. The first-order valence-corrected chi connectivity index (χ1v) is 10.0. The van der Waals surface area contributed by atoms with Gasteiger partial charge in [0.05, 0.1) is 6.54 Å². The van der Waals surface area contributed by atoms with E-state index in [1.807, 2.05) is 47.3 Å². The Morgan fingerprint density at radius 3 is 2.62 bits per heavy atom. The van der Waals surface area contributed by atoms with Gasteiger partial charge in [0.1, 0.15) is 5.69 Å². The lowest BCUT2D eigenvalue weighted by Gasteiger charge is -2.14. The number of nitrogens with one attached hydrogen (secondary N) is 2. The highest BCUT2D eigenvalue weighted by molar-refractivity contribution is 14.0. The third-order valence-electron chi connectivity index (χ3n) is 4.67. The van der Waals surface area contributed by atoms with E-state index in [1.54, 1.807) is 19.4 Å². The van der Waals surface area contributed by atoms with Crippen molar-refractivity contribution in [3.05, 3.63) is 84.1 Å². The van der Waals surface area contributed by atoms with Gasteiger partial charge >= 0.3 is 0 Å². The zero-order chi connectivity index (χ0) is 21.3. The quantitative estimate of drug-likeness (QED) is 0.200. The second kappa shape index (κ2) is 11.9. The number of benzene rings is 1. The highest BCUT2D eigenvalue weighted by Gasteiger charge is 2.10. The molecule has 4 rings (SSSR count). The molecule has 9 nitrogen and oxygen atoms in total. The van der Waals surface area contributed by atoms with Crippen molar-refractivity contribution in [1.29, 1.82) is 0 Å². The van der Waals surface area contributed by atoms with Crippen LogP contribution >= 0.6 is 24.0 Å². The number of pyridine rings is 1. The van der Waals surface area contributed by atoms with E-state index in [-0.39, 0.29) is 24.0 Å². The molecule has 3 aromatic heterocycles. The second-order valence-electron chi connectivity index (χ2n) is 6.81. The van der Waals surface area contributed by atoms with Crippen LogP contribution in [0.15, 0.2) is 76.6 Å². The molecule has 1 aromatic carbocycles. The van der Waals surface area contributed by atoms with Crippen molar-refractivity contribution in [3.8, 4) is 11.6 Å². The first kappa shape index (κ1) is 23.4. The summed E-state index contributed by atoms with van der Waals surface area (Å²) in [7, 11) is 1.75. The molecule has 2 N–H and O–H groups in total. The SMILES string of the molecule is CN=C(NCCc1noc(-c2ccccn2)n1)NCc1ccccc1Cn1cccn1.I. The third kappa shape index (κ3) is 6.36. The predicted molar refractivity (Wildman–Crippen MR) is 133 cm³/mol. The Kier molecular flexibility index (Phi) is 8.72. The van der Waals surface area contributed by atoms with Gasteiger partial charge in [-0.3, -0.25) is 14.7 Å². The Morgan fingerprint density at radius 1 is 1.03 bits per heavy atom. The summed E-state index contributed by atoms with van der Waals surface area (Å²) in [5.74, 6) is 1.75. The molecule has 0 atom stereocenters. The second-order valence-corrected chi connectivity index (χ2v) is 6.81. The van der Waals surface area contributed by atoms with Crippen molar-refractivity contribution in [2.24, 2.45) is 4.99 Å². The molecule has 4 aromatic rings. The maximum Gasteiger partial charge on any atom is 0.276 e. The van der Waals surface area contributed by atoms with Gasteiger partial charge in [-0.25, -0.2) is 0 Å². The highest BCUT2D eigenvalue weighted by atomic mass is 127. The van der Waals surface area contributed by atoms with Crippen LogP contribution in [0.1, 0.15) is 17.0 Å². The van der Waals surface area contributed by atoms with Crippen LogP contribution in [0.3, 0.4) is 0 Å². The summed E-state index contributed by atoms with van der Waals surface area (Å²) in [6.07, 6.45) is 6.05. The van der Waals surface area contributed by atoms with Crippen LogP contribution in [-0.2, 0) is 19.5 Å². The van der Waals surface area contributed by atoms with Gasteiger partial charge in [-0.05, 0) is 29.3 Å². The van der Waals surface area contributed by atoms with E-state index in [2.05, 4.69) is 48.0 Å². The summed E-state index contributed by atoms with van der Waals surface area (Å²) in [5.41, 5.74) is 3.07. The van der Waals surface area contributed by atoms with Gasteiger partial charge in [0.25, 0.3) is 5.89 Å². The molecule has 0 saturated carbocycles. The summed E-state index contributed by atoms with van der Waals surface area (Å²) in [5, 5.41) is 15.0. The monoisotopic (exact) mass is 544 g/mol. The molecular weight excluding hydrogens is 519 g/mol. The lowest BCUT2D eigenvalue weighted by molar-refractivity contribution is 0.421. The number of hydrogen-bond acceptors (Lipinski definition) is 6. The average molecular weight is 544 g/mol. The minimum Gasteiger partial charge on any atom is -0.356 e. The number of nitrogens with zero attached hydrogens (tertiary/aromatic N) is 6. The van der Waals surface area contributed by atoms with Gasteiger partial charge < -0.3 is 15.2 Å². The molecule has 10 heteroatoms. The van der Waals surface area contributed by atoms with Crippen molar-refractivity contribution in [3.63, 3.8) is 0 Å². The van der Waals surface area contributed by atoms with Crippen LogP contribution in [0, 0.1) is 0 Å². The smallest absolute Gasteiger partial charge is 0.276 e. The average Bonchev–Trinajstić information content (AvgIpc) is 3.50. The van der Waals surface area contributed by atoms with E-state index >= 15 is 0 Å². The van der Waals surface area contributed by atoms with E-state index in [1.165, 1.54) is 11.1 Å². The van der Waals surface area contributed by atoms with Crippen LogP contribution in [0.5, 0.6) is 0 Å². The third-order valence-corrected chi connectivity index (χ3v) is 4.67. The van der Waals surface area contributed by atoms with Gasteiger partial charge in [0.15, 0.2) is 11.8 Å². The normalized spacial score (nSPS) is 11.1. The molecule has 0 spiro atoms. The number of rotatable bonds is 8. The minimum absolute atomic E-state index is 0. The lowest BCUT2D eigenvalue weighted by atomic mass is 10.1. The maximum atomic E-state index is 5.29. The van der Waals surface area contributed by atoms with Crippen molar-refractivity contribution >= 4 is 29.9 Å². The van der Waals surface area contributed by atoms with Crippen molar-refractivity contribution in [2.75, 3.05) is 13.6 Å². The maximum absolute atomic E-state index is 5.29. The first-order valence-electron chi connectivity index (χ1n) is 10.0. The van der Waals surface area contributed by atoms with Crippen molar-refractivity contribution in [1.82, 2.24) is 35.5 Å². The largest absolute Gasteiger partial charge is 0.356 e. The first-order chi connectivity index (χ1) is 15.3. The fourth-order valence-corrected chi connectivity index (χ4v) is 3.09. The van der Waals surface area contributed by atoms with Gasteiger partial charge in [-0.15, -0.1) is 24.0 Å². The zero-order valence-electron chi connectivity index (χ0n) is 17.7. The minimum atomic E-state index is 0. The highest BCUT2D eigenvalue weighted by Crippen LogP contribution is 2.13. The van der Waals surface area contributed by atoms with Gasteiger partial charge in [0.2, 0.25) is 0 Å². The van der Waals surface area contributed by atoms with E-state index in [4.69, 9.17) is 4.52 Å². The molecule has 0 aliphatic rings. The predicted octanol–water partition coefficient (Wildman–Crippen LogP) is 2.90. The molecule has 0 fully saturated rings. The summed E-state index contributed by atoms with van der Waals surface area (Å²) in [6, 6.07) is 15.8. The van der Waals surface area contributed by atoms with Crippen LogP contribution in [0.25, 0.3) is 11.6 Å². The number of aromatic nitrogens is 5. The number of hydrogen-bond donors (Lipinski definition) is 2. The van der Waals surface area contributed by atoms with Gasteiger partial charge in [-0.2, -0.15) is 10.1 Å². The fraction of sp³-hybridized carbons (Fsp3) is 0.227. The topological polar surface area (TPSA) is 106 Å². The van der Waals surface area contributed by atoms with Crippen LogP contribution in [0.2, 0.25) is 0 Å². The molecule has 3 heterocycles. The fourth-order valence-electron chi connectivity index (χ4n) is 3.09. The standard InChI is InChI=1S/C22H24N8O.HI/c1-23-22(25-13-10-20-28-21(31-29-20)19-9-4-5-11-24-19)26-15-17-7-2-3-8-18(17)16-30-14-6-12-27-30;/h2-9,11-12,14H,10,13,15-16H2,1H3,(H2,23,25,26);1H. The Balaban J connectivity index is 0.00000289. The molecule has 0 radical (unpaired) electrons. The van der Waals surface area contributed by atoms with Crippen molar-refractivity contribution < 1.29 is 4.52 Å². The summed E-state index contributed by atoms with van der Waals surface area (Å²) >= 11 is 0. The molecule has 166 valence electrons. The van der Waals surface area contributed by atoms with Gasteiger partial charge in [-0.1, -0.05) is 35.5 Å². The number of aliphatic imine (C=N–C) groups is 1. The van der Waals surface area contributed by atoms with E-state index in [9.17, 15) is 0 Å². The molecular formula is C22H25IN8O. The van der Waals surface area contributed by atoms with Crippen LogP contribution < -0.4 is 10.6 Å². The molecule has 0 aliphatic carbocycles. The van der Waals surface area contributed by atoms with E-state index < -0.39 is 0 Å². The van der Waals surface area contributed by atoms with E-state index in [0.717, 1.165) is 6.54 Å². The van der Waals surface area contributed by atoms with Crippen LogP contribution in [-0.4, -0.2) is 44.5 Å². The number of guanidine groups is 1. The van der Waals surface area contributed by atoms with Crippen LogP contribution in [0.4, 0.5) is 0 Å². The molecule has 0 saturated heterocycles. The zero-order valence-corrected chi connectivity index (χ0v) is 20.0. The number of halogens is 1. The Labute approximate surface area is 203 Å². The summed E-state index contributed by atoms with van der Waals surface area (Å²) in [4.78, 5) is 12.9. The molecule has 32 heavy (non-hydrogen) atoms. The summed E-state index contributed by atoms with van der Waals surface area (Å²) in [6.45, 7) is 2.01. The molecule has 0 bridgehead atoms. The van der Waals surface area contributed by atoms with Gasteiger partial charge in [0, 0.05) is 45.1 Å². The molecule has 0 unspecified atom stereocenters. The summed E-state index contributed by atoms with van der Waals surface area (Å²) < 4.78 is 7.20. The van der Waals surface area contributed by atoms with Crippen molar-refractivity contribution in [2.45, 2.75) is 19.5 Å². The van der Waals surface area contributed by atoms with E-state index in [0.29, 0.717) is 42.9 Å².